The van der Waals surface area contributed by atoms with E-state index in [9.17, 15) is 9.90 Å². The molecule has 0 fully saturated rings. The van der Waals surface area contributed by atoms with E-state index in [0.29, 0.717) is 16.5 Å². The van der Waals surface area contributed by atoms with Gasteiger partial charge in [-0.1, -0.05) is 30.3 Å². The summed E-state index contributed by atoms with van der Waals surface area (Å²) >= 11 is 0. The second-order valence-electron chi connectivity index (χ2n) is 5.31. The largest absolute Gasteiger partial charge is 0.508 e. The van der Waals surface area contributed by atoms with Crippen molar-refractivity contribution in [3.8, 4) is 22.8 Å². The lowest BCUT2D eigenvalue weighted by Gasteiger charge is -2.13. The van der Waals surface area contributed by atoms with Crippen molar-refractivity contribution >= 4 is 11.0 Å². The van der Waals surface area contributed by atoms with Crippen LogP contribution in [0.5, 0.6) is 11.7 Å². The van der Waals surface area contributed by atoms with Crippen LogP contribution in [0.2, 0.25) is 0 Å². The van der Waals surface area contributed by atoms with Gasteiger partial charge in [0.15, 0.2) is 0 Å². The van der Waals surface area contributed by atoms with E-state index in [1.165, 1.54) is 12.1 Å². The number of ether oxygens (including phenoxy) is 1. The third-order valence-electron chi connectivity index (χ3n) is 3.25. The maximum Gasteiger partial charge on any atom is 0.297 e. The molecule has 4 heteroatoms. The van der Waals surface area contributed by atoms with Crippen LogP contribution < -0.4 is 10.2 Å². The third-order valence-corrected chi connectivity index (χ3v) is 3.25. The Morgan fingerprint density at radius 3 is 2.50 bits per heavy atom. The molecule has 112 valence electrons. The summed E-state index contributed by atoms with van der Waals surface area (Å²) < 4.78 is 11.4. The number of hydrogen-bond donors (Lipinski definition) is 1. The van der Waals surface area contributed by atoms with Crippen molar-refractivity contribution in [3.05, 3.63) is 58.8 Å². The van der Waals surface area contributed by atoms with Gasteiger partial charge >= 0.3 is 0 Å². The summed E-state index contributed by atoms with van der Waals surface area (Å²) in [5, 5.41) is 9.99. The number of rotatable bonds is 3. The highest BCUT2D eigenvalue weighted by atomic mass is 16.6. The first kappa shape index (κ1) is 14.2. The normalized spacial score (nSPS) is 11.0. The van der Waals surface area contributed by atoms with Gasteiger partial charge in [0.05, 0.1) is 11.5 Å². The molecule has 0 bridgehead atoms. The molecule has 0 radical (unpaired) electrons. The highest BCUT2D eigenvalue weighted by molar-refractivity contribution is 5.84. The van der Waals surface area contributed by atoms with Crippen LogP contribution in [0.1, 0.15) is 13.8 Å². The second kappa shape index (κ2) is 5.56. The van der Waals surface area contributed by atoms with Gasteiger partial charge < -0.3 is 14.3 Å². The van der Waals surface area contributed by atoms with Crippen molar-refractivity contribution in [2.45, 2.75) is 20.0 Å². The van der Waals surface area contributed by atoms with E-state index >= 15 is 0 Å². The summed E-state index contributed by atoms with van der Waals surface area (Å²) in [5.41, 5.74) is 1.26. The lowest BCUT2D eigenvalue weighted by atomic mass is 10.0. The fourth-order valence-electron chi connectivity index (χ4n) is 2.31. The van der Waals surface area contributed by atoms with Gasteiger partial charge in [-0.05, 0) is 31.5 Å². The average Bonchev–Trinajstić information content (AvgIpc) is 2.47. The molecule has 0 atom stereocenters. The molecule has 3 aromatic rings. The van der Waals surface area contributed by atoms with Gasteiger partial charge in [-0.15, -0.1) is 0 Å². The Morgan fingerprint density at radius 2 is 1.82 bits per heavy atom. The van der Waals surface area contributed by atoms with E-state index in [-0.39, 0.29) is 23.2 Å². The van der Waals surface area contributed by atoms with Crippen LogP contribution in [0.4, 0.5) is 0 Å². The van der Waals surface area contributed by atoms with Crippen LogP contribution in [0.15, 0.2) is 57.7 Å². The predicted molar refractivity (Wildman–Crippen MR) is 85.3 cm³/mol. The summed E-state index contributed by atoms with van der Waals surface area (Å²) in [6, 6.07) is 13.7. The molecular weight excluding hydrogens is 280 g/mol. The second-order valence-corrected chi connectivity index (χ2v) is 5.31. The van der Waals surface area contributed by atoms with Crippen molar-refractivity contribution in [2.75, 3.05) is 0 Å². The molecule has 0 saturated heterocycles. The minimum Gasteiger partial charge on any atom is -0.508 e. The van der Waals surface area contributed by atoms with Gasteiger partial charge in [0, 0.05) is 6.07 Å². The smallest absolute Gasteiger partial charge is 0.297 e. The minimum atomic E-state index is -0.178. The van der Waals surface area contributed by atoms with Crippen LogP contribution in [-0.2, 0) is 0 Å². The molecule has 0 spiro atoms. The Bertz CT molecular complexity index is 863. The van der Waals surface area contributed by atoms with Crippen LogP contribution >= 0.6 is 0 Å². The summed E-state index contributed by atoms with van der Waals surface area (Å²) in [4.78, 5) is 12.8. The zero-order valence-electron chi connectivity index (χ0n) is 12.4. The third kappa shape index (κ3) is 2.55. The van der Waals surface area contributed by atoms with Crippen molar-refractivity contribution in [1.29, 1.82) is 0 Å². The summed E-state index contributed by atoms with van der Waals surface area (Å²) in [6.45, 7) is 3.73. The zero-order valence-corrected chi connectivity index (χ0v) is 12.4. The van der Waals surface area contributed by atoms with E-state index in [1.807, 2.05) is 44.2 Å². The molecule has 1 heterocycles. The van der Waals surface area contributed by atoms with Crippen molar-refractivity contribution in [1.82, 2.24) is 0 Å². The molecule has 1 aromatic heterocycles. The molecule has 0 saturated carbocycles. The summed E-state index contributed by atoms with van der Waals surface area (Å²) in [7, 11) is 0. The lowest BCUT2D eigenvalue weighted by molar-refractivity contribution is 0.189. The first-order valence-corrected chi connectivity index (χ1v) is 7.08. The molecule has 0 amide bonds. The quantitative estimate of drug-likeness (QED) is 0.795. The minimum absolute atomic E-state index is 0.0404. The van der Waals surface area contributed by atoms with Gasteiger partial charge in [-0.2, -0.15) is 0 Å². The maximum atomic E-state index is 12.8. The van der Waals surface area contributed by atoms with Gasteiger partial charge in [-0.25, -0.2) is 0 Å². The molecule has 1 N–H and O–H groups in total. The topological polar surface area (TPSA) is 59.7 Å². The fraction of sp³-hybridized carbons (Fsp3) is 0.167. The monoisotopic (exact) mass is 296 g/mol. The van der Waals surface area contributed by atoms with E-state index in [1.54, 1.807) is 6.07 Å². The van der Waals surface area contributed by atoms with E-state index in [2.05, 4.69) is 0 Å². The van der Waals surface area contributed by atoms with Gasteiger partial charge in [-0.3, -0.25) is 4.79 Å². The maximum absolute atomic E-state index is 12.8. The van der Waals surface area contributed by atoms with Crippen LogP contribution in [0, 0.1) is 0 Å². The van der Waals surface area contributed by atoms with Crippen LogP contribution in [0.25, 0.3) is 22.1 Å². The Balaban J connectivity index is 2.35. The van der Waals surface area contributed by atoms with Crippen LogP contribution in [0.3, 0.4) is 0 Å². The van der Waals surface area contributed by atoms with Gasteiger partial charge in [0.25, 0.3) is 5.95 Å². The number of benzene rings is 2. The number of phenols is 1. The Kier molecular flexibility index (Phi) is 3.59. The Hall–Kier alpha value is -2.75. The van der Waals surface area contributed by atoms with Gasteiger partial charge in [0.1, 0.15) is 16.9 Å². The molecule has 0 aliphatic rings. The average molecular weight is 296 g/mol. The number of aromatic hydroxyl groups is 1. The molecule has 2 aromatic carbocycles. The first-order chi connectivity index (χ1) is 10.6. The highest BCUT2D eigenvalue weighted by Crippen LogP contribution is 2.32. The van der Waals surface area contributed by atoms with E-state index in [0.717, 1.165) is 5.56 Å². The highest BCUT2D eigenvalue weighted by Gasteiger charge is 2.18. The summed E-state index contributed by atoms with van der Waals surface area (Å²) in [5.74, 6) is 0.211. The molecule has 0 aliphatic carbocycles. The van der Waals surface area contributed by atoms with Crippen molar-refractivity contribution < 1.29 is 14.3 Å². The van der Waals surface area contributed by atoms with Gasteiger partial charge in [0.2, 0.25) is 5.43 Å². The molecule has 22 heavy (non-hydrogen) atoms. The first-order valence-electron chi connectivity index (χ1n) is 7.08. The fourth-order valence-corrected chi connectivity index (χ4v) is 2.31. The van der Waals surface area contributed by atoms with Crippen LogP contribution in [-0.4, -0.2) is 11.2 Å². The number of hydrogen-bond acceptors (Lipinski definition) is 4. The zero-order chi connectivity index (χ0) is 15.7. The van der Waals surface area contributed by atoms with E-state index in [4.69, 9.17) is 9.15 Å². The van der Waals surface area contributed by atoms with Crippen molar-refractivity contribution in [2.24, 2.45) is 0 Å². The van der Waals surface area contributed by atoms with Crippen molar-refractivity contribution in [3.63, 3.8) is 0 Å². The number of phenolic OH excluding ortho intramolecular Hbond substituents is 1. The molecule has 0 unspecified atom stereocenters. The lowest BCUT2D eigenvalue weighted by Crippen LogP contribution is -2.12. The van der Waals surface area contributed by atoms with E-state index < -0.39 is 0 Å². The molecule has 3 rings (SSSR count). The summed E-state index contributed by atoms with van der Waals surface area (Å²) in [6.07, 6.45) is -0.139. The molecule has 4 nitrogen and oxygen atoms in total. The number of fused-ring (bicyclic) bond motifs is 1. The molecule has 0 aliphatic heterocycles. The predicted octanol–water partition coefficient (Wildman–Crippen LogP) is 3.95. The SMILES string of the molecule is CC(C)Oc1oc2cc(O)ccc2c(=O)c1-c1ccccc1. The standard InChI is InChI=1S/C18H16O4/c1-11(2)21-18-16(12-6-4-3-5-7-12)17(20)14-9-8-13(19)10-15(14)22-18/h3-11,19H,1-2H3. The molecular formula is C18H16O4. The Labute approximate surface area is 127 Å². The Morgan fingerprint density at radius 1 is 1.09 bits per heavy atom.